The van der Waals surface area contributed by atoms with Crippen LogP contribution in [0.4, 0.5) is 5.82 Å². The van der Waals surface area contributed by atoms with Crippen molar-refractivity contribution in [1.29, 1.82) is 0 Å². The van der Waals surface area contributed by atoms with E-state index in [2.05, 4.69) is 25.9 Å². The van der Waals surface area contributed by atoms with Crippen molar-refractivity contribution in [3.63, 3.8) is 0 Å². The van der Waals surface area contributed by atoms with Gasteiger partial charge in [0.05, 0.1) is 5.56 Å². The lowest BCUT2D eigenvalue weighted by Gasteiger charge is -2.06. The van der Waals surface area contributed by atoms with Gasteiger partial charge in [0.25, 0.3) is 0 Å². The molecule has 0 radical (unpaired) electrons. The Hall–Kier alpha value is -2.10. The minimum atomic E-state index is 0.421. The number of nitrogens with zero attached hydrogens (tertiary/aromatic N) is 2. The summed E-state index contributed by atoms with van der Waals surface area (Å²) in [5.41, 5.74) is 10.5. The molecule has 20 heavy (non-hydrogen) atoms. The Labute approximate surface area is 119 Å². The maximum Gasteiger partial charge on any atom is 0.156 e. The van der Waals surface area contributed by atoms with Crippen molar-refractivity contribution in [1.82, 2.24) is 9.78 Å². The predicted molar refractivity (Wildman–Crippen MR) is 81.8 cm³/mol. The van der Waals surface area contributed by atoms with Gasteiger partial charge in [-0.25, -0.2) is 4.68 Å². The van der Waals surface area contributed by atoms with Gasteiger partial charge in [-0.1, -0.05) is 26.0 Å². The lowest BCUT2D eigenvalue weighted by molar-refractivity contribution is 0.112. The molecule has 0 saturated carbocycles. The second-order valence-electron chi connectivity index (χ2n) is 5.64. The smallest absolute Gasteiger partial charge is 0.156 e. The van der Waals surface area contributed by atoms with Gasteiger partial charge in [-0.15, -0.1) is 0 Å². The van der Waals surface area contributed by atoms with Crippen molar-refractivity contribution in [2.75, 3.05) is 5.73 Å². The third-order valence-electron chi connectivity index (χ3n) is 3.47. The minimum Gasteiger partial charge on any atom is -0.383 e. The number of aldehydes is 1. The van der Waals surface area contributed by atoms with Crippen LogP contribution in [0.15, 0.2) is 18.2 Å². The van der Waals surface area contributed by atoms with Crippen LogP contribution in [0.25, 0.3) is 11.3 Å². The molecule has 4 heteroatoms. The van der Waals surface area contributed by atoms with Crippen LogP contribution in [-0.4, -0.2) is 16.1 Å². The largest absolute Gasteiger partial charge is 0.383 e. The van der Waals surface area contributed by atoms with E-state index in [1.54, 1.807) is 4.68 Å². The Morgan fingerprint density at radius 2 is 2.00 bits per heavy atom. The highest BCUT2D eigenvalue weighted by Crippen LogP contribution is 2.27. The van der Waals surface area contributed by atoms with Crippen LogP contribution in [-0.2, 0) is 6.54 Å². The molecule has 2 N–H and O–H groups in total. The summed E-state index contributed by atoms with van der Waals surface area (Å²) in [7, 11) is 0. The summed E-state index contributed by atoms with van der Waals surface area (Å²) < 4.78 is 1.72. The average Bonchev–Trinajstić information content (AvgIpc) is 2.69. The Morgan fingerprint density at radius 3 is 2.55 bits per heavy atom. The third kappa shape index (κ3) is 2.59. The predicted octanol–water partition coefficient (Wildman–Crippen LogP) is 3.22. The van der Waals surface area contributed by atoms with E-state index >= 15 is 0 Å². The van der Waals surface area contributed by atoms with Crippen molar-refractivity contribution in [3.8, 4) is 11.3 Å². The molecule has 1 heterocycles. The fourth-order valence-electron chi connectivity index (χ4n) is 2.19. The monoisotopic (exact) mass is 271 g/mol. The fraction of sp³-hybridized carbons (Fsp3) is 0.375. The van der Waals surface area contributed by atoms with Crippen LogP contribution in [0.5, 0.6) is 0 Å². The Morgan fingerprint density at radius 1 is 1.30 bits per heavy atom. The Kier molecular flexibility index (Phi) is 3.93. The van der Waals surface area contributed by atoms with Crippen LogP contribution in [0.1, 0.15) is 35.3 Å². The first-order valence-electron chi connectivity index (χ1n) is 6.83. The molecule has 106 valence electrons. The molecule has 2 rings (SSSR count). The molecule has 4 nitrogen and oxygen atoms in total. The van der Waals surface area contributed by atoms with Crippen LogP contribution in [0, 0.1) is 19.8 Å². The van der Waals surface area contributed by atoms with Crippen LogP contribution in [0.3, 0.4) is 0 Å². The van der Waals surface area contributed by atoms with Crippen LogP contribution in [0.2, 0.25) is 0 Å². The molecule has 0 fully saturated rings. The first-order valence-corrected chi connectivity index (χ1v) is 6.83. The second kappa shape index (κ2) is 5.49. The third-order valence-corrected chi connectivity index (χ3v) is 3.47. The number of carbonyl (C=O) groups excluding carboxylic acids is 1. The number of aromatic nitrogens is 2. The molecule has 0 saturated heterocycles. The van der Waals surface area contributed by atoms with Gasteiger partial charge in [0, 0.05) is 12.1 Å². The fourth-order valence-corrected chi connectivity index (χ4v) is 2.19. The SMILES string of the molecule is Cc1ccc(-c2nn(CC(C)C)c(N)c2C=O)cc1C. The summed E-state index contributed by atoms with van der Waals surface area (Å²) in [6.45, 7) is 9.01. The van der Waals surface area contributed by atoms with Crippen molar-refractivity contribution in [2.45, 2.75) is 34.2 Å². The molecule has 0 aliphatic heterocycles. The summed E-state index contributed by atoms with van der Waals surface area (Å²) in [6, 6.07) is 6.07. The molecule has 0 amide bonds. The van der Waals surface area contributed by atoms with Crippen molar-refractivity contribution >= 4 is 12.1 Å². The first-order chi connectivity index (χ1) is 9.43. The van der Waals surface area contributed by atoms with Gasteiger partial charge in [0.1, 0.15) is 11.5 Å². The molecule has 0 bridgehead atoms. The van der Waals surface area contributed by atoms with Gasteiger partial charge < -0.3 is 5.73 Å². The molecule has 1 aromatic heterocycles. The van der Waals surface area contributed by atoms with Gasteiger partial charge in [-0.3, -0.25) is 4.79 Å². The van der Waals surface area contributed by atoms with Crippen molar-refractivity contribution < 1.29 is 4.79 Å². The van der Waals surface area contributed by atoms with Crippen molar-refractivity contribution in [3.05, 3.63) is 34.9 Å². The van der Waals surface area contributed by atoms with Crippen LogP contribution >= 0.6 is 0 Å². The standard InChI is InChI=1S/C16H21N3O/c1-10(2)8-19-16(17)14(9-20)15(18-19)13-6-5-11(3)12(4)7-13/h5-7,9-10H,8,17H2,1-4H3. The summed E-state index contributed by atoms with van der Waals surface area (Å²) in [5, 5.41) is 4.52. The summed E-state index contributed by atoms with van der Waals surface area (Å²) in [4.78, 5) is 11.3. The van der Waals surface area contributed by atoms with E-state index in [0.29, 0.717) is 29.5 Å². The molecule has 0 spiro atoms. The zero-order valence-electron chi connectivity index (χ0n) is 12.5. The Balaban J connectivity index is 2.55. The second-order valence-corrected chi connectivity index (χ2v) is 5.64. The number of nitrogen functional groups attached to an aromatic ring is 1. The van der Waals surface area contributed by atoms with Gasteiger partial charge in [-0.2, -0.15) is 5.10 Å². The van der Waals surface area contributed by atoms with Crippen LogP contribution < -0.4 is 5.73 Å². The lowest BCUT2D eigenvalue weighted by atomic mass is 10.0. The molecule has 2 aromatic rings. The maximum absolute atomic E-state index is 11.3. The number of carbonyl (C=O) groups is 1. The number of aryl methyl sites for hydroxylation is 2. The summed E-state index contributed by atoms with van der Waals surface area (Å²) >= 11 is 0. The molecule has 0 aliphatic rings. The zero-order chi connectivity index (χ0) is 14.9. The van der Waals surface area contributed by atoms with E-state index in [9.17, 15) is 4.79 Å². The minimum absolute atomic E-state index is 0.421. The van der Waals surface area contributed by atoms with E-state index in [0.717, 1.165) is 11.8 Å². The average molecular weight is 271 g/mol. The highest BCUT2D eigenvalue weighted by molar-refractivity contribution is 5.91. The maximum atomic E-state index is 11.3. The lowest BCUT2D eigenvalue weighted by Crippen LogP contribution is -2.09. The molecule has 0 atom stereocenters. The number of nitrogens with two attached hydrogens (primary N) is 1. The van der Waals surface area contributed by atoms with E-state index in [1.165, 1.54) is 11.1 Å². The quantitative estimate of drug-likeness (QED) is 0.868. The highest BCUT2D eigenvalue weighted by atomic mass is 16.1. The molecular formula is C16H21N3O. The topological polar surface area (TPSA) is 60.9 Å². The highest BCUT2D eigenvalue weighted by Gasteiger charge is 2.17. The number of anilines is 1. The van der Waals surface area contributed by atoms with Gasteiger partial charge in [-0.05, 0) is 37.0 Å². The number of hydrogen-bond acceptors (Lipinski definition) is 3. The Bertz CT molecular complexity index is 641. The van der Waals surface area contributed by atoms with Gasteiger partial charge >= 0.3 is 0 Å². The van der Waals surface area contributed by atoms with Gasteiger partial charge in [0.2, 0.25) is 0 Å². The first kappa shape index (κ1) is 14.3. The molecule has 1 aromatic carbocycles. The summed E-state index contributed by atoms with van der Waals surface area (Å²) in [6.07, 6.45) is 0.795. The van der Waals surface area contributed by atoms with Gasteiger partial charge in [0.15, 0.2) is 6.29 Å². The normalized spacial score (nSPS) is 11.1. The zero-order valence-corrected chi connectivity index (χ0v) is 12.5. The number of benzene rings is 1. The molecule has 0 unspecified atom stereocenters. The molecule has 0 aliphatic carbocycles. The molecular weight excluding hydrogens is 250 g/mol. The number of hydrogen-bond donors (Lipinski definition) is 1. The van der Waals surface area contributed by atoms with E-state index < -0.39 is 0 Å². The van der Waals surface area contributed by atoms with E-state index in [4.69, 9.17) is 5.73 Å². The number of rotatable bonds is 4. The van der Waals surface area contributed by atoms with E-state index in [-0.39, 0.29) is 0 Å². The summed E-state index contributed by atoms with van der Waals surface area (Å²) in [5.74, 6) is 0.867. The van der Waals surface area contributed by atoms with Crippen molar-refractivity contribution in [2.24, 2.45) is 5.92 Å². The van der Waals surface area contributed by atoms with E-state index in [1.807, 2.05) is 25.1 Å².